The zero-order valence-electron chi connectivity index (χ0n) is 17.8. The second kappa shape index (κ2) is 9.92. The number of rotatable bonds is 7. The average Bonchev–Trinajstić information content (AvgIpc) is 3.51. The minimum absolute atomic E-state index is 0.100. The molecule has 0 aliphatic heterocycles. The van der Waals surface area contributed by atoms with Crippen LogP contribution in [-0.4, -0.2) is 25.0 Å². The summed E-state index contributed by atoms with van der Waals surface area (Å²) in [5.41, 5.74) is 1.16. The van der Waals surface area contributed by atoms with E-state index in [1.807, 2.05) is 0 Å². The first-order valence-corrected chi connectivity index (χ1v) is 11.0. The van der Waals surface area contributed by atoms with E-state index < -0.39 is 11.9 Å². The van der Waals surface area contributed by atoms with E-state index in [1.165, 1.54) is 11.2 Å². The Balaban J connectivity index is 1.80. The van der Waals surface area contributed by atoms with Crippen LogP contribution in [0, 0.1) is 0 Å². The molecule has 1 aliphatic carbocycles. The summed E-state index contributed by atoms with van der Waals surface area (Å²) in [5, 5.41) is 3.61. The molecular weight excluding hydrogens is 428 g/mol. The van der Waals surface area contributed by atoms with E-state index in [0.717, 1.165) is 25.7 Å². The summed E-state index contributed by atoms with van der Waals surface area (Å²) in [5.74, 6) is 0.120. The number of carbonyl (C=O) groups is 2. The zero-order valence-corrected chi connectivity index (χ0v) is 18.5. The highest BCUT2D eigenvalue weighted by Gasteiger charge is 2.35. The summed E-state index contributed by atoms with van der Waals surface area (Å²) >= 11 is 6.25. The number of furan rings is 1. The fraction of sp³-hybridized carbons (Fsp3) is 0.280. The van der Waals surface area contributed by atoms with E-state index >= 15 is 0 Å². The van der Waals surface area contributed by atoms with Gasteiger partial charge in [0.15, 0.2) is 5.76 Å². The molecule has 2 amide bonds. The minimum atomic E-state index is -0.919. The first kappa shape index (κ1) is 22.0. The molecule has 0 radical (unpaired) electrons. The van der Waals surface area contributed by atoms with Crippen molar-refractivity contribution in [3.05, 3.63) is 83.3 Å². The van der Waals surface area contributed by atoms with Crippen LogP contribution >= 0.6 is 11.6 Å². The van der Waals surface area contributed by atoms with Crippen LogP contribution in [0.1, 0.15) is 47.8 Å². The van der Waals surface area contributed by atoms with E-state index in [-0.39, 0.29) is 17.7 Å². The van der Waals surface area contributed by atoms with Gasteiger partial charge in [-0.15, -0.1) is 0 Å². The number of benzene rings is 2. The third kappa shape index (κ3) is 4.81. The molecule has 6 nitrogen and oxygen atoms in total. The summed E-state index contributed by atoms with van der Waals surface area (Å²) < 4.78 is 10.7. The van der Waals surface area contributed by atoms with Gasteiger partial charge in [-0.05, 0) is 60.9 Å². The van der Waals surface area contributed by atoms with Gasteiger partial charge in [-0.1, -0.05) is 42.6 Å². The molecule has 0 spiro atoms. The predicted octanol–water partition coefficient (Wildman–Crippen LogP) is 5.39. The van der Waals surface area contributed by atoms with Crippen LogP contribution in [0.25, 0.3) is 0 Å². The Morgan fingerprint density at radius 3 is 2.47 bits per heavy atom. The van der Waals surface area contributed by atoms with E-state index in [4.69, 9.17) is 20.8 Å². The summed E-state index contributed by atoms with van der Waals surface area (Å²) in [4.78, 5) is 28.7. The predicted molar refractivity (Wildman–Crippen MR) is 123 cm³/mol. The third-order valence-corrected chi connectivity index (χ3v) is 5.91. The van der Waals surface area contributed by atoms with Gasteiger partial charge in [-0.25, -0.2) is 0 Å². The minimum Gasteiger partial charge on any atom is -0.497 e. The number of methoxy groups -OCH3 is 1. The number of nitrogens with one attached hydrogen (secondary N) is 1. The molecule has 1 aromatic heterocycles. The lowest BCUT2D eigenvalue weighted by molar-refractivity contribution is -0.123. The normalized spacial score (nSPS) is 14.7. The monoisotopic (exact) mass is 452 g/mol. The quantitative estimate of drug-likeness (QED) is 0.521. The van der Waals surface area contributed by atoms with Gasteiger partial charge in [0.25, 0.3) is 5.91 Å². The van der Waals surface area contributed by atoms with Crippen molar-refractivity contribution in [2.75, 3.05) is 12.0 Å². The second-order valence-corrected chi connectivity index (χ2v) is 8.23. The van der Waals surface area contributed by atoms with Crippen LogP contribution in [0.5, 0.6) is 5.75 Å². The van der Waals surface area contributed by atoms with E-state index in [2.05, 4.69) is 5.32 Å². The Bertz CT molecular complexity index is 1060. The molecular formula is C25H25ClN2O4. The fourth-order valence-corrected chi connectivity index (χ4v) is 4.27. The van der Waals surface area contributed by atoms with Crippen molar-refractivity contribution in [1.82, 2.24) is 5.32 Å². The van der Waals surface area contributed by atoms with Crippen molar-refractivity contribution < 1.29 is 18.7 Å². The molecule has 1 saturated carbocycles. The van der Waals surface area contributed by atoms with E-state index in [0.29, 0.717) is 22.0 Å². The molecule has 1 heterocycles. The summed E-state index contributed by atoms with van der Waals surface area (Å²) in [7, 11) is 1.58. The molecule has 1 N–H and O–H groups in total. The maximum absolute atomic E-state index is 13.6. The number of anilines is 1. The van der Waals surface area contributed by atoms with Gasteiger partial charge < -0.3 is 14.5 Å². The molecule has 0 bridgehead atoms. The summed E-state index contributed by atoms with van der Waals surface area (Å²) in [6.07, 6.45) is 5.47. The number of ether oxygens (including phenoxy) is 1. The number of amides is 2. The van der Waals surface area contributed by atoms with Crippen molar-refractivity contribution >= 4 is 29.1 Å². The Labute approximate surface area is 192 Å². The Kier molecular flexibility index (Phi) is 6.81. The van der Waals surface area contributed by atoms with Crippen molar-refractivity contribution in [2.24, 2.45) is 0 Å². The lowest BCUT2D eigenvalue weighted by Gasteiger charge is -2.32. The molecule has 2 aromatic carbocycles. The molecule has 1 fully saturated rings. The van der Waals surface area contributed by atoms with Crippen LogP contribution in [0.4, 0.5) is 5.69 Å². The van der Waals surface area contributed by atoms with Crippen LogP contribution < -0.4 is 15.0 Å². The van der Waals surface area contributed by atoms with Gasteiger partial charge in [-0.2, -0.15) is 0 Å². The highest BCUT2D eigenvalue weighted by molar-refractivity contribution is 6.31. The van der Waals surface area contributed by atoms with Gasteiger partial charge in [0.2, 0.25) is 5.91 Å². The maximum atomic E-state index is 13.6. The van der Waals surface area contributed by atoms with Gasteiger partial charge in [-0.3, -0.25) is 14.5 Å². The lowest BCUT2D eigenvalue weighted by atomic mass is 10.0. The molecule has 4 rings (SSSR count). The van der Waals surface area contributed by atoms with Crippen LogP contribution in [0.2, 0.25) is 5.02 Å². The molecule has 1 aliphatic rings. The Morgan fingerprint density at radius 2 is 1.84 bits per heavy atom. The van der Waals surface area contributed by atoms with Crippen LogP contribution in [0.3, 0.4) is 0 Å². The standard InChI is InChI=1S/C25H25ClN2O4/c1-31-21-13-11-17(12-14-21)23(24(29)27-19-7-2-3-8-19)28(20-9-4-6-18(26)16-20)25(30)22-10-5-15-32-22/h4-6,9-16,19,23H,2-3,7-8H2,1H3,(H,27,29)/t23-/m0/s1. The highest BCUT2D eigenvalue weighted by Crippen LogP contribution is 2.33. The highest BCUT2D eigenvalue weighted by atomic mass is 35.5. The average molecular weight is 453 g/mol. The van der Waals surface area contributed by atoms with Crippen molar-refractivity contribution in [3.63, 3.8) is 0 Å². The molecule has 32 heavy (non-hydrogen) atoms. The van der Waals surface area contributed by atoms with E-state index in [9.17, 15) is 9.59 Å². The van der Waals surface area contributed by atoms with Gasteiger partial charge in [0, 0.05) is 16.8 Å². The van der Waals surface area contributed by atoms with Crippen molar-refractivity contribution in [1.29, 1.82) is 0 Å². The van der Waals surface area contributed by atoms with Gasteiger partial charge in [0.1, 0.15) is 11.8 Å². The van der Waals surface area contributed by atoms with Crippen molar-refractivity contribution in [2.45, 2.75) is 37.8 Å². The van der Waals surface area contributed by atoms with Crippen molar-refractivity contribution in [3.8, 4) is 5.75 Å². The Hall–Kier alpha value is -3.25. The number of hydrogen-bond acceptors (Lipinski definition) is 4. The zero-order chi connectivity index (χ0) is 22.5. The molecule has 1 atom stereocenters. The SMILES string of the molecule is COc1ccc([C@@H](C(=O)NC2CCCC2)N(C(=O)c2ccco2)c2cccc(Cl)c2)cc1. The first-order chi connectivity index (χ1) is 15.6. The molecule has 3 aromatic rings. The summed E-state index contributed by atoms with van der Waals surface area (Å²) in [6.45, 7) is 0. The van der Waals surface area contributed by atoms with Gasteiger partial charge in [0.05, 0.1) is 13.4 Å². The maximum Gasteiger partial charge on any atom is 0.294 e. The number of hydrogen-bond donors (Lipinski definition) is 1. The van der Waals surface area contributed by atoms with E-state index in [1.54, 1.807) is 67.8 Å². The number of halogens is 1. The fourth-order valence-electron chi connectivity index (χ4n) is 4.08. The molecule has 166 valence electrons. The first-order valence-electron chi connectivity index (χ1n) is 10.6. The summed E-state index contributed by atoms with van der Waals surface area (Å²) in [6, 6.07) is 16.5. The third-order valence-electron chi connectivity index (χ3n) is 5.68. The molecule has 7 heteroatoms. The Morgan fingerprint density at radius 1 is 1.09 bits per heavy atom. The molecule has 0 saturated heterocycles. The van der Waals surface area contributed by atoms with Gasteiger partial charge >= 0.3 is 0 Å². The molecule has 0 unspecified atom stereocenters. The lowest BCUT2D eigenvalue weighted by Crippen LogP contribution is -2.46. The van der Waals surface area contributed by atoms with Crippen LogP contribution in [-0.2, 0) is 4.79 Å². The number of nitrogens with zero attached hydrogens (tertiary/aromatic N) is 1. The number of carbonyl (C=O) groups excluding carboxylic acids is 2. The van der Waals surface area contributed by atoms with Crippen LogP contribution in [0.15, 0.2) is 71.3 Å². The topological polar surface area (TPSA) is 71.8 Å². The second-order valence-electron chi connectivity index (χ2n) is 7.80. The smallest absolute Gasteiger partial charge is 0.294 e. The largest absolute Gasteiger partial charge is 0.497 e.